The number of hydrogen-bond acceptors (Lipinski definition) is 4. The molecule has 3 N–H and O–H groups in total. The molecule has 0 aromatic heterocycles. The second kappa shape index (κ2) is 9.77. The van der Waals surface area contributed by atoms with Gasteiger partial charge >= 0.3 is 0 Å². The van der Waals surface area contributed by atoms with Crippen molar-refractivity contribution in [3.05, 3.63) is 35.9 Å². The van der Waals surface area contributed by atoms with Crippen LogP contribution in [0.25, 0.3) is 0 Å². The van der Waals surface area contributed by atoms with Crippen LogP contribution in [0.4, 0.5) is 0 Å². The van der Waals surface area contributed by atoms with Crippen LogP contribution in [0.15, 0.2) is 30.3 Å². The average molecular weight is 333 g/mol. The molecule has 3 unspecified atom stereocenters. The summed E-state index contributed by atoms with van der Waals surface area (Å²) in [6.07, 6.45) is 2.11. The van der Waals surface area contributed by atoms with Gasteiger partial charge in [0.2, 0.25) is 5.91 Å². The lowest BCUT2D eigenvalue weighted by Gasteiger charge is -2.37. The molecule has 2 rings (SSSR count). The first-order valence-corrected chi connectivity index (χ1v) is 9.01. The molecule has 1 aliphatic heterocycles. The fourth-order valence-electron chi connectivity index (χ4n) is 3.06. The predicted octanol–water partition coefficient (Wildman–Crippen LogP) is 1.91. The summed E-state index contributed by atoms with van der Waals surface area (Å²) in [7, 11) is 0. The van der Waals surface area contributed by atoms with Crippen LogP contribution in [0.1, 0.15) is 38.7 Å². The minimum Gasteiger partial charge on any atom is -0.373 e. The third kappa shape index (κ3) is 6.23. The Bertz CT molecular complexity index is 493. The van der Waals surface area contributed by atoms with E-state index in [4.69, 9.17) is 10.5 Å². The minimum atomic E-state index is 0.0479. The molecule has 1 aliphatic rings. The Morgan fingerprint density at radius 1 is 1.42 bits per heavy atom. The van der Waals surface area contributed by atoms with Crippen molar-refractivity contribution in [2.75, 3.05) is 19.7 Å². The number of hydrogen-bond donors (Lipinski definition) is 2. The molecule has 1 heterocycles. The van der Waals surface area contributed by atoms with Crippen molar-refractivity contribution in [3.8, 4) is 0 Å². The van der Waals surface area contributed by atoms with Gasteiger partial charge in [-0.05, 0) is 25.3 Å². The topological polar surface area (TPSA) is 67.6 Å². The smallest absolute Gasteiger partial charge is 0.220 e. The third-order valence-corrected chi connectivity index (χ3v) is 4.49. The predicted molar refractivity (Wildman–Crippen MR) is 96.6 cm³/mol. The van der Waals surface area contributed by atoms with E-state index in [0.717, 1.165) is 26.1 Å². The lowest BCUT2D eigenvalue weighted by Crippen LogP contribution is -2.53. The molecule has 3 atom stereocenters. The zero-order chi connectivity index (χ0) is 17.4. The van der Waals surface area contributed by atoms with Gasteiger partial charge in [0.15, 0.2) is 0 Å². The van der Waals surface area contributed by atoms with Gasteiger partial charge in [-0.2, -0.15) is 0 Å². The number of rotatable bonds is 8. The van der Waals surface area contributed by atoms with Gasteiger partial charge in [0.1, 0.15) is 0 Å². The molecule has 134 valence electrons. The summed E-state index contributed by atoms with van der Waals surface area (Å²) in [5.41, 5.74) is 7.04. The average Bonchev–Trinajstić information content (AvgIpc) is 2.59. The summed E-state index contributed by atoms with van der Waals surface area (Å²) < 4.78 is 5.94. The molecule has 1 amide bonds. The quantitative estimate of drug-likeness (QED) is 0.762. The van der Waals surface area contributed by atoms with E-state index >= 15 is 0 Å². The number of carbonyl (C=O) groups excluding carboxylic acids is 1. The molecule has 24 heavy (non-hydrogen) atoms. The van der Waals surface area contributed by atoms with E-state index < -0.39 is 0 Å². The van der Waals surface area contributed by atoms with Crippen molar-refractivity contribution >= 4 is 5.91 Å². The zero-order valence-corrected chi connectivity index (χ0v) is 14.9. The largest absolute Gasteiger partial charge is 0.373 e. The number of ether oxygens (including phenoxy) is 1. The third-order valence-electron chi connectivity index (χ3n) is 4.49. The molecular formula is C19H31N3O2. The Labute approximate surface area is 145 Å². The van der Waals surface area contributed by atoms with Gasteiger partial charge in [-0.3, -0.25) is 9.69 Å². The first-order chi connectivity index (χ1) is 11.6. The van der Waals surface area contributed by atoms with Crippen LogP contribution in [0.3, 0.4) is 0 Å². The molecule has 5 nitrogen and oxygen atoms in total. The van der Waals surface area contributed by atoms with Gasteiger partial charge < -0.3 is 15.8 Å². The van der Waals surface area contributed by atoms with E-state index in [-0.39, 0.29) is 24.1 Å². The molecule has 1 saturated heterocycles. The highest BCUT2D eigenvalue weighted by Gasteiger charge is 2.28. The normalized spacial score (nSPS) is 21.2. The number of nitrogens with two attached hydrogens (primary N) is 1. The lowest BCUT2D eigenvalue weighted by atomic mass is 10.0. The van der Waals surface area contributed by atoms with Crippen molar-refractivity contribution in [2.45, 2.75) is 57.8 Å². The van der Waals surface area contributed by atoms with E-state index in [9.17, 15) is 4.79 Å². The molecule has 0 saturated carbocycles. The van der Waals surface area contributed by atoms with Crippen LogP contribution in [0.2, 0.25) is 0 Å². The number of carbonyl (C=O) groups is 1. The molecule has 5 heteroatoms. The van der Waals surface area contributed by atoms with Gasteiger partial charge in [-0.25, -0.2) is 0 Å². The lowest BCUT2D eigenvalue weighted by molar-refractivity contribution is -0.124. The zero-order valence-electron chi connectivity index (χ0n) is 14.9. The van der Waals surface area contributed by atoms with Crippen LogP contribution in [0.5, 0.6) is 0 Å². The number of amides is 1. The first-order valence-electron chi connectivity index (χ1n) is 9.01. The fourth-order valence-corrected chi connectivity index (χ4v) is 3.06. The molecule has 1 aromatic rings. The van der Waals surface area contributed by atoms with Gasteiger partial charge in [0.25, 0.3) is 0 Å². The molecule has 0 aliphatic carbocycles. The number of nitrogens with zero attached hydrogens (tertiary/aromatic N) is 1. The van der Waals surface area contributed by atoms with Crippen LogP contribution < -0.4 is 11.1 Å². The summed E-state index contributed by atoms with van der Waals surface area (Å²) in [5.74, 6) is 0.0722. The van der Waals surface area contributed by atoms with E-state index in [1.807, 2.05) is 13.0 Å². The first kappa shape index (κ1) is 18.9. The van der Waals surface area contributed by atoms with E-state index in [1.54, 1.807) is 0 Å². The van der Waals surface area contributed by atoms with Crippen LogP contribution in [-0.2, 0) is 16.1 Å². The van der Waals surface area contributed by atoms with Crippen molar-refractivity contribution < 1.29 is 9.53 Å². The number of benzene rings is 1. The van der Waals surface area contributed by atoms with Gasteiger partial charge in [0, 0.05) is 32.1 Å². The molecule has 0 radical (unpaired) electrons. The number of nitrogens with one attached hydrogen (secondary N) is 1. The SMILES string of the molecule is CCC(NC(=O)CCC(C)N)C1CN(Cc2ccccc2)CCO1. The maximum atomic E-state index is 12.1. The maximum Gasteiger partial charge on any atom is 0.220 e. The van der Waals surface area contributed by atoms with Crippen LogP contribution in [-0.4, -0.2) is 48.7 Å². The Hall–Kier alpha value is -1.43. The van der Waals surface area contributed by atoms with E-state index in [1.165, 1.54) is 5.56 Å². The highest BCUT2D eigenvalue weighted by Crippen LogP contribution is 2.15. The van der Waals surface area contributed by atoms with Crippen LogP contribution >= 0.6 is 0 Å². The fraction of sp³-hybridized carbons (Fsp3) is 0.632. The van der Waals surface area contributed by atoms with Gasteiger partial charge in [-0.15, -0.1) is 0 Å². The van der Waals surface area contributed by atoms with Gasteiger partial charge in [0.05, 0.1) is 18.8 Å². The Balaban J connectivity index is 1.85. The standard InChI is InChI=1S/C19H31N3O2/c1-3-17(21-19(23)10-9-15(2)20)18-14-22(11-12-24-18)13-16-7-5-4-6-8-16/h4-8,15,17-18H,3,9-14,20H2,1-2H3,(H,21,23). The van der Waals surface area contributed by atoms with E-state index in [2.05, 4.69) is 41.4 Å². The van der Waals surface area contributed by atoms with Gasteiger partial charge in [-0.1, -0.05) is 37.3 Å². The van der Waals surface area contributed by atoms with Crippen molar-refractivity contribution in [3.63, 3.8) is 0 Å². The molecule has 1 aromatic carbocycles. The molecule has 0 spiro atoms. The Kier molecular flexibility index (Phi) is 7.69. The van der Waals surface area contributed by atoms with Crippen molar-refractivity contribution in [2.24, 2.45) is 5.73 Å². The summed E-state index contributed by atoms with van der Waals surface area (Å²) in [6.45, 7) is 7.44. The second-order valence-corrected chi connectivity index (χ2v) is 6.73. The molecule has 0 bridgehead atoms. The summed E-state index contributed by atoms with van der Waals surface area (Å²) in [4.78, 5) is 14.5. The highest BCUT2D eigenvalue weighted by atomic mass is 16.5. The Morgan fingerprint density at radius 3 is 2.83 bits per heavy atom. The number of morpholine rings is 1. The summed E-state index contributed by atoms with van der Waals surface area (Å²) in [5, 5.41) is 3.13. The Morgan fingerprint density at radius 2 is 2.17 bits per heavy atom. The van der Waals surface area contributed by atoms with E-state index in [0.29, 0.717) is 19.4 Å². The summed E-state index contributed by atoms with van der Waals surface area (Å²) >= 11 is 0. The molecular weight excluding hydrogens is 302 g/mol. The van der Waals surface area contributed by atoms with Crippen LogP contribution in [0, 0.1) is 0 Å². The highest BCUT2D eigenvalue weighted by molar-refractivity contribution is 5.76. The molecule has 1 fully saturated rings. The second-order valence-electron chi connectivity index (χ2n) is 6.73. The van der Waals surface area contributed by atoms with Crippen molar-refractivity contribution in [1.82, 2.24) is 10.2 Å². The van der Waals surface area contributed by atoms with Crippen molar-refractivity contribution in [1.29, 1.82) is 0 Å². The summed E-state index contributed by atoms with van der Waals surface area (Å²) in [6, 6.07) is 10.6. The minimum absolute atomic E-state index is 0.0479. The monoisotopic (exact) mass is 333 g/mol. The maximum absolute atomic E-state index is 12.1.